The summed E-state index contributed by atoms with van der Waals surface area (Å²) in [5, 5.41) is 14.0. The maximum atomic E-state index is 5.66. The first kappa shape index (κ1) is 18.7. The lowest BCUT2D eigenvalue weighted by molar-refractivity contribution is 0.416. The minimum Gasteiger partial charge on any atom is -0.494 e. The number of hydrogen-bond acceptors (Lipinski definition) is 4. The van der Waals surface area contributed by atoms with E-state index >= 15 is 0 Å². The van der Waals surface area contributed by atoms with Crippen molar-refractivity contribution in [1.29, 1.82) is 0 Å². The maximum Gasteiger partial charge on any atom is 0.172 e. The van der Waals surface area contributed by atoms with Gasteiger partial charge in [0.2, 0.25) is 0 Å². The van der Waals surface area contributed by atoms with Gasteiger partial charge in [0.25, 0.3) is 0 Å². The highest BCUT2D eigenvalue weighted by molar-refractivity contribution is 5.85. The highest BCUT2D eigenvalue weighted by atomic mass is 16.5. The van der Waals surface area contributed by atoms with Gasteiger partial charge in [-0.2, -0.15) is 10.3 Å². The Morgan fingerprint density at radius 1 is 0.839 bits per heavy atom. The number of nitrogens with zero attached hydrogens (tertiary/aromatic N) is 3. The summed E-state index contributed by atoms with van der Waals surface area (Å²) >= 11 is 0. The summed E-state index contributed by atoms with van der Waals surface area (Å²) in [5.41, 5.74) is 6.30. The molecule has 0 atom stereocenters. The van der Waals surface area contributed by atoms with Crippen LogP contribution in [0.4, 0.5) is 11.5 Å². The molecule has 0 unspecified atom stereocenters. The van der Waals surface area contributed by atoms with Gasteiger partial charge in [-0.3, -0.25) is 0 Å². The Morgan fingerprint density at radius 3 is 2.26 bits per heavy atom. The van der Waals surface area contributed by atoms with Gasteiger partial charge in [0.15, 0.2) is 5.82 Å². The number of hydrogen-bond donors (Lipinski definition) is 2. The number of H-pyrrole nitrogens is 1. The van der Waals surface area contributed by atoms with Crippen LogP contribution in [0.1, 0.15) is 0 Å². The van der Waals surface area contributed by atoms with Gasteiger partial charge in [-0.1, -0.05) is 66.7 Å². The number of aromatic amines is 1. The topological polar surface area (TPSA) is 67.8 Å². The molecule has 6 nitrogen and oxygen atoms in total. The number of benzene rings is 3. The van der Waals surface area contributed by atoms with E-state index in [0.29, 0.717) is 5.82 Å². The number of anilines is 2. The lowest BCUT2D eigenvalue weighted by atomic mass is 10.0. The van der Waals surface area contributed by atoms with Gasteiger partial charge in [-0.05, 0) is 29.3 Å². The van der Waals surface area contributed by atoms with Gasteiger partial charge in [-0.15, -0.1) is 5.10 Å². The minimum atomic E-state index is 0.613. The van der Waals surface area contributed by atoms with Crippen LogP contribution >= 0.6 is 0 Å². The smallest absolute Gasteiger partial charge is 0.172 e. The first-order valence-electron chi connectivity index (χ1n) is 9.97. The van der Waals surface area contributed by atoms with E-state index in [4.69, 9.17) is 4.74 Å². The van der Waals surface area contributed by atoms with Crippen LogP contribution in [0.3, 0.4) is 0 Å². The van der Waals surface area contributed by atoms with Gasteiger partial charge < -0.3 is 14.6 Å². The van der Waals surface area contributed by atoms with E-state index < -0.39 is 0 Å². The third-order valence-corrected chi connectivity index (χ3v) is 5.17. The lowest BCUT2D eigenvalue weighted by Crippen LogP contribution is -2.04. The van der Waals surface area contributed by atoms with E-state index in [2.05, 4.69) is 92.2 Å². The van der Waals surface area contributed by atoms with Crippen LogP contribution in [0.15, 0.2) is 97.3 Å². The standard InChI is InChI=1S/C25H21N5O/c1-31-22-14-8-13-21(24(22)27-23-17-26-29-28-23)30-16-15-20(18-9-4-2-5-10-18)25(30)19-11-6-3-7-12-19/h2-17H,1H3,(H2,26,27,28,29). The number of aromatic nitrogens is 4. The van der Waals surface area contributed by atoms with E-state index in [1.54, 1.807) is 13.3 Å². The summed E-state index contributed by atoms with van der Waals surface area (Å²) in [6, 6.07) is 28.9. The molecule has 0 aliphatic rings. The monoisotopic (exact) mass is 407 g/mol. The van der Waals surface area contributed by atoms with Crippen molar-refractivity contribution in [3.63, 3.8) is 0 Å². The maximum absolute atomic E-state index is 5.66. The Hall–Kier alpha value is -4.32. The van der Waals surface area contributed by atoms with Crippen LogP contribution in [-0.4, -0.2) is 27.1 Å². The summed E-state index contributed by atoms with van der Waals surface area (Å²) < 4.78 is 7.84. The second kappa shape index (κ2) is 8.20. The first-order valence-corrected chi connectivity index (χ1v) is 9.97. The number of methoxy groups -OCH3 is 1. The number of rotatable bonds is 6. The van der Waals surface area contributed by atoms with Gasteiger partial charge in [0.05, 0.1) is 24.7 Å². The van der Waals surface area contributed by atoms with E-state index in [9.17, 15) is 0 Å². The van der Waals surface area contributed by atoms with Crippen molar-refractivity contribution in [1.82, 2.24) is 20.0 Å². The van der Waals surface area contributed by atoms with E-state index in [-0.39, 0.29) is 0 Å². The van der Waals surface area contributed by atoms with Gasteiger partial charge >= 0.3 is 0 Å². The van der Waals surface area contributed by atoms with Crippen molar-refractivity contribution in [2.45, 2.75) is 0 Å². The second-order valence-electron chi connectivity index (χ2n) is 7.01. The third kappa shape index (κ3) is 3.55. The summed E-state index contributed by atoms with van der Waals surface area (Å²) in [6.45, 7) is 0. The fourth-order valence-corrected chi connectivity index (χ4v) is 3.78. The van der Waals surface area contributed by atoms with E-state index in [1.807, 2.05) is 24.3 Å². The van der Waals surface area contributed by atoms with Crippen LogP contribution in [0, 0.1) is 0 Å². The van der Waals surface area contributed by atoms with Crippen molar-refractivity contribution >= 4 is 11.5 Å². The molecule has 0 spiro atoms. The molecular formula is C25H21N5O. The summed E-state index contributed by atoms with van der Waals surface area (Å²) in [6.07, 6.45) is 3.73. The van der Waals surface area contributed by atoms with Crippen molar-refractivity contribution in [2.75, 3.05) is 12.4 Å². The fraction of sp³-hybridized carbons (Fsp3) is 0.0400. The van der Waals surface area contributed by atoms with Crippen LogP contribution in [0.2, 0.25) is 0 Å². The fourth-order valence-electron chi connectivity index (χ4n) is 3.78. The second-order valence-corrected chi connectivity index (χ2v) is 7.01. The Kier molecular flexibility index (Phi) is 4.94. The molecule has 31 heavy (non-hydrogen) atoms. The molecular weight excluding hydrogens is 386 g/mol. The molecule has 2 N–H and O–H groups in total. The molecule has 0 amide bonds. The molecule has 2 heterocycles. The number of para-hydroxylation sites is 1. The molecule has 152 valence electrons. The van der Waals surface area contributed by atoms with Crippen LogP contribution in [-0.2, 0) is 0 Å². The highest BCUT2D eigenvalue weighted by Crippen LogP contribution is 2.40. The Morgan fingerprint density at radius 2 is 1.58 bits per heavy atom. The Balaban J connectivity index is 1.74. The number of nitrogens with one attached hydrogen (secondary N) is 2. The molecule has 3 aromatic carbocycles. The molecule has 5 aromatic rings. The molecule has 6 heteroatoms. The molecule has 0 radical (unpaired) electrons. The first-order chi connectivity index (χ1) is 15.3. The predicted molar refractivity (Wildman–Crippen MR) is 123 cm³/mol. The molecule has 0 aliphatic heterocycles. The molecule has 0 bridgehead atoms. The van der Waals surface area contributed by atoms with Gasteiger partial charge in [0, 0.05) is 11.8 Å². The SMILES string of the molecule is COc1cccc(-n2ccc(-c3ccccc3)c2-c2ccccc2)c1Nc1cn[nH]n1. The Labute approximate surface area is 180 Å². The van der Waals surface area contributed by atoms with E-state index in [0.717, 1.165) is 39.5 Å². The lowest BCUT2D eigenvalue weighted by Gasteiger charge is -2.18. The molecule has 2 aromatic heterocycles. The van der Waals surface area contributed by atoms with E-state index in [1.165, 1.54) is 0 Å². The molecule has 0 aliphatic carbocycles. The van der Waals surface area contributed by atoms with Gasteiger partial charge in [0.1, 0.15) is 11.4 Å². The average Bonchev–Trinajstić information content (AvgIpc) is 3.50. The zero-order valence-corrected chi connectivity index (χ0v) is 17.0. The highest BCUT2D eigenvalue weighted by Gasteiger charge is 2.18. The summed E-state index contributed by atoms with van der Waals surface area (Å²) in [4.78, 5) is 0. The largest absolute Gasteiger partial charge is 0.494 e. The number of ether oxygens (including phenoxy) is 1. The predicted octanol–water partition coefficient (Wildman–Crippen LogP) is 5.68. The molecule has 0 saturated heterocycles. The quantitative estimate of drug-likeness (QED) is 0.380. The van der Waals surface area contributed by atoms with Crippen molar-refractivity contribution < 1.29 is 4.74 Å². The summed E-state index contributed by atoms with van der Waals surface area (Å²) in [5.74, 6) is 1.33. The Bertz CT molecular complexity index is 1280. The molecule has 5 rings (SSSR count). The normalized spacial score (nSPS) is 10.7. The van der Waals surface area contributed by atoms with Crippen molar-refractivity contribution in [3.8, 4) is 33.8 Å². The minimum absolute atomic E-state index is 0.613. The van der Waals surface area contributed by atoms with Crippen molar-refractivity contribution in [3.05, 3.63) is 97.3 Å². The van der Waals surface area contributed by atoms with Crippen molar-refractivity contribution in [2.24, 2.45) is 0 Å². The van der Waals surface area contributed by atoms with Crippen LogP contribution in [0.5, 0.6) is 5.75 Å². The average molecular weight is 407 g/mol. The van der Waals surface area contributed by atoms with Crippen LogP contribution < -0.4 is 10.1 Å². The molecule has 0 fully saturated rings. The third-order valence-electron chi connectivity index (χ3n) is 5.17. The zero-order valence-electron chi connectivity index (χ0n) is 17.0. The van der Waals surface area contributed by atoms with Crippen LogP contribution in [0.25, 0.3) is 28.1 Å². The zero-order chi connectivity index (χ0) is 21.0. The van der Waals surface area contributed by atoms with Gasteiger partial charge in [-0.25, -0.2) is 0 Å². The molecule has 0 saturated carbocycles. The summed E-state index contributed by atoms with van der Waals surface area (Å²) in [7, 11) is 1.66.